The number of nitro benzene ring substituents is 1. The highest BCUT2D eigenvalue weighted by molar-refractivity contribution is 8.18. The number of nitrogens with zero attached hydrogens (tertiary/aromatic N) is 3. The van der Waals surface area contributed by atoms with Gasteiger partial charge in [-0.2, -0.15) is 0 Å². The molecule has 0 atom stereocenters. The number of non-ortho nitro benzene ring substituents is 1. The van der Waals surface area contributed by atoms with Crippen LogP contribution in [-0.4, -0.2) is 37.9 Å². The van der Waals surface area contributed by atoms with Crippen molar-refractivity contribution >= 4 is 63.0 Å². The Bertz CT molecular complexity index is 1650. The van der Waals surface area contributed by atoms with E-state index in [0.29, 0.717) is 27.9 Å². The fourth-order valence-electron chi connectivity index (χ4n) is 4.16. The Balaban J connectivity index is 1.41. The lowest BCUT2D eigenvalue weighted by Crippen LogP contribution is -2.33. The molecule has 0 aliphatic carbocycles. The van der Waals surface area contributed by atoms with Crippen molar-refractivity contribution in [2.45, 2.75) is 6.54 Å². The van der Waals surface area contributed by atoms with E-state index in [2.05, 4.69) is 0 Å². The molecule has 38 heavy (non-hydrogen) atoms. The predicted molar refractivity (Wildman–Crippen MR) is 143 cm³/mol. The van der Waals surface area contributed by atoms with Crippen LogP contribution in [0.5, 0.6) is 0 Å². The molecule has 190 valence electrons. The fourth-order valence-corrected chi connectivity index (χ4v) is 5.21. The molecule has 2 amide bonds. The second-order valence-corrected chi connectivity index (χ2v) is 9.83. The third-order valence-electron chi connectivity index (χ3n) is 6.07. The van der Waals surface area contributed by atoms with E-state index < -0.39 is 34.2 Å². The molecule has 0 bridgehead atoms. The zero-order chi connectivity index (χ0) is 27.0. The second-order valence-electron chi connectivity index (χ2n) is 8.42. The molecule has 1 aliphatic rings. The van der Waals surface area contributed by atoms with Crippen molar-refractivity contribution in [2.75, 3.05) is 6.54 Å². The number of carbonyl (C=O) groups excluding carboxylic acids is 3. The Hall–Kier alpha value is -4.28. The number of thioether (sulfide) groups is 1. The first-order valence-corrected chi connectivity index (χ1v) is 12.5. The largest absolute Gasteiger partial charge is 0.342 e. The number of hydrogen-bond donors (Lipinski definition) is 0. The molecule has 5 rings (SSSR count). The van der Waals surface area contributed by atoms with Crippen LogP contribution in [0.1, 0.15) is 21.5 Å². The van der Waals surface area contributed by atoms with Gasteiger partial charge < -0.3 is 4.57 Å². The quantitative estimate of drug-likeness (QED) is 0.116. The lowest BCUT2D eigenvalue weighted by atomic mass is 10.1. The molecule has 11 heteroatoms. The summed E-state index contributed by atoms with van der Waals surface area (Å²) in [6.07, 6.45) is 3.33. The van der Waals surface area contributed by atoms with Crippen LogP contribution in [0.2, 0.25) is 5.02 Å². The zero-order valence-electron chi connectivity index (χ0n) is 19.5. The monoisotopic (exact) mass is 549 g/mol. The molecule has 0 radical (unpaired) electrons. The third-order valence-corrected chi connectivity index (χ3v) is 7.33. The third kappa shape index (κ3) is 4.83. The van der Waals surface area contributed by atoms with Crippen molar-refractivity contribution in [1.29, 1.82) is 0 Å². The summed E-state index contributed by atoms with van der Waals surface area (Å²) in [6, 6.07) is 16.8. The highest BCUT2D eigenvalue weighted by Crippen LogP contribution is 2.35. The topological polar surface area (TPSA) is 103 Å². The lowest BCUT2D eigenvalue weighted by molar-refractivity contribution is -0.384. The van der Waals surface area contributed by atoms with E-state index in [1.165, 1.54) is 36.4 Å². The Labute approximate surface area is 224 Å². The van der Waals surface area contributed by atoms with Gasteiger partial charge in [0.15, 0.2) is 5.78 Å². The van der Waals surface area contributed by atoms with E-state index in [9.17, 15) is 28.9 Å². The van der Waals surface area contributed by atoms with Gasteiger partial charge in [0.25, 0.3) is 16.8 Å². The van der Waals surface area contributed by atoms with Crippen LogP contribution < -0.4 is 0 Å². The van der Waals surface area contributed by atoms with Crippen LogP contribution >= 0.6 is 23.4 Å². The smallest absolute Gasteiger partial charge is 0.293 e. The number of Topliss-reactive ketones (excluding diaryl/α,β-unsaturated/α-hetero) is 1. The van der Waals surface area contributed by atoms with Crippen molar-refractivity contribution in [3.05, 3.63) is 115 Å². The van der Waals surface area contributed by atoms with Gasteiger partial charge in [0.05, 0.1) is 22.9 Å². The first-order chi connectivity index (χ1) is 18.2. The average Bonchev–Trinajstić information content (AvgIpc) is 3.38. The predicted octanol–water partition coefficient (Wildman–Crippen LogP) is 6.31. The van der Waals surface area contributed by atoms with Crippen LogP contribution in [-0.2, 0) is 11.3 Å². The normalized spacial score (nSPS) is 14.6. The first-order valence-electron chi connectivity index (χ1n) is 11.3. The average molecular weight is 550 g/mol. The number of carbonyl (C=O) groups is 3. The minimum atomic E-state index is -0.621. The summed E-state index contributed by atoms with van der Waals surface area (Å²) in [5, 5.41) is 11.3. The molecule has 0 spiro atoms. The van der Waals surface area contributed by atoms with Gasteiger partial charge in [-0.25, -0.2) is 4.39 Å². The van der Waals surface area contributed by atoms with Crippen molar-refractivity contribution in [3.63, 3.8) is 0 Å². The Morgan fingerprint density at radius 3 is 2.50 bits per heavy atom. The maximum atomic E-state index is 14.4. The van der Waals surface area contributed by atoms with Gasteiger partial charge in [-0.1, -0.05) is 35.9 Å². The molecular weight excluding hydrogens is 533 g/mol. The van der Waals surface area contributed by atoms with E-state index in [1.807, 2.05) is 28.8 Å². The summed E-state index contributed by atoms with van der Waals surface area (Å²) in [7, 11) is 0. The van der Waals surface area contributed by atoms with E-state index >= 15 is 0 Å². The summed E-state index contributed by atoms with van der Waals surface area (Å²) in [6.45, 7) is -0.335. The molecule has 4 aromatic rings. The van der Waals surface area contributed by atoms with E-state index in [0.717, 1.165) is 15.8 Å². The number of hydrogen-bond acceptors (Lipinski definition) is 6. The first kappa shape index (κ1) is 25.4. The van der Waals surface area contributed by atoms with Crippen LogP contribution in [0.4, 0.5) is 14.9 Å². The van der Waals surface area contributed by atoms with Crippen molar-refractivity contribution in [1.82, 2.24) is 9.47 Å². The summed E-state index contributed by atoms with van der Waals surface area (Å²) < 4.78 is 16.2. The standard InChI is InChI=1S/C27H17ClFN3O5S/c28-21-5-3-6-22(29)20(21)14-30-13-17(19-4-1-2-7-23(19)30)12-25-26(34)31(27(35)38-25)15-24(33)16-8-10-18(11-9-16)32(36)37/h1-13H,14-15H2/b25-12+. The number of nitro groups is 1. The molecule has 1 fully saturated rings. The van der Waals surface area contributed by atoms with E-state index in [4.69, 9.17) is 11.6 Å². The van der Waals surface area contributed by atoms with Gasteiger partial charge in [0.1, 0.15) is 5.82 Å². The number of fused-ring (bicyclic) bond motifs is 1. The van der Waals surface area contributed by atoms with Gasteiger partial charge in [-0.3, -0.25) is 29.4 Å². The SMILES string of the molecule is O=C(CN1C(=O)S/C(=C/c2cn(Cc3c(F)cccc3Cl)c3ccccc23)C1=O)c1ccc([N+](=O)[O-])cc1. The summed E-state index contributed by atoms with van der Waals surface area (Å²) >= 11 is 6.93. The van der Waals surface area contributed by atoms with Gasteiger partial charge in [-0.05, 0) is 48.2 Å². The minimum absolute atomic E-state index is 0.137. The van der Waals surface area contributed by atoms with Crippen molar-refractivity contribution < 1.29 is 23.7 Å². The number of imide groups is 1. The highest BCUT2D eigenvalue weighted by Gasteiger charge is 2.36. The van der Waals surface area contributed by atoms with Gasteiger partial charge in [0.2, 0.25) is 0 Å². The summed E-state index contributed by atoms with van der Waals surface area (Å²) in [5.74, 6) is -1.58. The molecule has 2 heterocycles. The molecule has 1 saturated heterocycles. The van der Waals surface area contributed by atoms with E-state index in [1.54, 1.807) is 18.3 Å². The van der Waals surface area contributed by atoms with Crippen LogP contribution in [0, 0.1) is 15.9 Å². The number of aromatic nitrogens is 1. The van der Waals surface area contributed by atoms with Crippen LogP contribution in [0.15, 0.2) is 77.8 Å². The number of ketones is 1. The molecule has 1 aliphatic heterocycles. The van der Waals surface area contributed by atoms with Crippen LogP contribution in [0.25, 0.3) is 17.0 Å². The van der Waals surface area contributed by atoms with Gasteiger partial charge in [0, 0.05) is 50.9 Å². The number of para-hydroxylation sites is 1. The number of rotatable bonds is 7. The Kier molecular flexibility index (Phi) is 6.83. The second kappa shape index (κ2) is 10.2. The Morgan fingerprint density at radius 1 is 1.05 bits per heavy atom. The molecule has 8 nitrogen and oxygen atoms in total. The lowest BCUT2D eigenvalue weighted by Gasteiger charge is -2.11. The minimum Gasteiger partial charge on any atom is -0.342 e. The maximum Gasteiger partial charge on any atom is 0.293 e. The van der Waals surface area contributed by atoms with Crippen molar-refractivity contribution in [3.8, 4) is 0 Å². The van der Waals surface area contributed by atoms with E-state index in [-0.39, 0.29) is 22.7 Å². The summed E-state index contributed by atoms with van der Waals surface area (Å²) in [4.78, 5) is 49.5. The molecular formula is C27H17ClFN3O5S. The Morgan fingerprint density at radius 2 is 1.79 bits per heavy atom. The zero-order valence-corrected chi connectivity index (χ0v) is 21.0. The van der Waals surface area contributed by atoms with Gasteiger partial charge >= 0.3 is 0 Å². The van der Waals surface area contributed by atoms with Crippen molar-refractivity contribution in [2.24, 2.45) is 0 Å². The van der Waals surface area contributed by atoms with Gasteiger partial charge in [-0.15, -0.1) is 0 Å². The molecule has 0 N–H and O–H groups in total. The molecule has 3 aromatic carbocycles. The number of halogens is 2. The molecule has 0 saturated carbocycles. The fraction of sp³-hybridized carbons (Fsp3) is 0.0741. The summed E-state index contributed by atoms with van der Waals surface area (Å²) in [5.41, 5.74) is 1.72. The highest BCUT2D eigenvalue weighted by atomic mass is 35.5. The number of amides is 2. The molecule has 1 aromatic heterocycles. The maximum absolute atomic E-state index is 14.4. The molecule has 0 unspecified atom stereocenters. The number of benzene rings is 3. The van der Waals surface area contributed by atoms with Crippen LogP contribution in [0.3, 0.4) is 0 Å².